The van der Waals surface area contributed by atoms with Crippen LogP contribution < -0.4 is 11.1 Å². The van der Waals surface area contributed by atoms with E-state index in [0.717, 1.165) is 0 Å². The lowest BCUT2D eigenvalue weighted by molar-refractivity contribution is -0.135. The minimum Gasteiger partial charge on any atom is -0.465 e. The fourth-order valence-corrected chi connectivity index (χ4v) is 2.43. The van der Waals surface area contributed by atoms with Gasteiger partial charge in [0.05, 0.1) is 7.11 Å². The molecule has 1 atom stereocenters. The molecule has 68 valence electrons. The lowest BCUT2D eigenvalue weighted by Gasteiger charge is -2.05. The van der Waals surface area contributed by atoms with Gasteiger partial charge in [-0.1, -0.05) is 11.8 Å². The summed E-state index contributed by atoms with van der Waals surface area (Å²) in [6, 6.07) is 0. The first-order valence-corrected chi connectivity index (χ1v) is 5.40. The van der Waals surface area contributed by atoms with Gasteiger partial charge >= 0.3 is 5.97 Å². The molecule has 0 bridgehead atoms. The summed E-state index contributed by atoms with van der Waals surface area (Å²) in [6.45, 7) is 0. The van der Waals surface area contributed by atoms with E-state index < -0.39 is 0 Å². The summed E-state index contributed by atoms with van der Waals surface area (Å²) >= 11 is 2.97. The van der Waals surface area contributed by atoms with Gasteiger partial charge in [0.25, 0.3) is 0 Å². The Morgan fingerprint density at radius 1 is 1.83 bits per heavy atom. The Morgan fingerprint density at radius 3 is 2.92 bits per heavy atom. The molecule has 0 radical (unpaired) electrons. The van der Waals surface area contributed by atoms with Gasteiger partial charge in [0.2, 0.25) is 0 Å². The van der Waals surface area contributed by atoms with Crippen molar-refractivity contribution in [3.8, 4) is 0 Å². The third-order valence-corrected chi connectivity index (χ3v) is 3.69. The number of carbonyl (C=O) groups excluding carboxylic acids is 1. The van der Waals surface area contributed by atoms with Crippen molar-refractivity contribution in [2.75, 3.05) is 13.4 Å². The number of esters is 1. The van der Waals surface area contributed by atoms with Crippen LogP contribution in [0.3, 0.4) is 0 Å². The molecule has 0 aromatic rings. The molecule has 0 spiro atoms. The first-order valence-electron chi connectivity index (χ1n) is 3.23. The van der Waals surface area contributed by atoms with E-state index in [0.29, 0.717) is 10.7 Å². The van der Waals surface area contributed by atoms with Crippen LogP contribution in [-0.4, -0.2) is 24.0 Å². The molecule has 1 aliphatic rings. The van der Waals surface area contributed by atoms with Gasteiger partial charge in [0, 0.05) is 0 Å². The summed E-state index contributed by atoms with van der Waals surface area (Å²) in [5.74, 6) is 0.0350. The fourth-order valence-electron chi connectivity index (χ4n) is 0.750. The molecule has 3 N–H and O–H groups in total. The van der Waals surface area contributed by atoms with Crippen molar-refractivity contribution in [3.63, 3.8) is 0 Å². The van der Waals surface area contributed by atoms with Crippen molar-refractivity contribution in [3.05, 3.63) is 10.7 Å². The highest BCUT2D eigenvalue weighted by Gasteiger charge is 2.27. The second-order valence-corrected chi connectivity index (χ2v) is 4.42. The normalized spacial score (nSPS) is 22.3. The zero-order chi connectivity index (χ0) is 9.14. The molecule has 0 amide bonds. The van der Waals surface area contributed by atoms with E-state index in [1.54, 1.807) is 11.8 Å². The summed E-state index contributed by atoms with van der Waals surface area (Å²) in [5.41, 5.74) is 5.55. The zero-order valence-electron chi connectivity index (χ0n) is 6.79. The largest absolute Gasteiger partial charge is 0.465 e. The molecular weight excluding hydrogens is 196 g/mol. The third kappa shape index (κ3) is 1.81. The van der Waals surface area contributed by atoms with Crippen LogP contribution in [0.25, 0.3) is 0 Å². The van der Waals surface area contributed by atoms with Crippen LogP contribution in [0.15, 0.2) is 10.7 Å². The number of nitrogens with one attached hydrogen (secondary N) is 1. The van der Waals surface area contributed by atoms with Crippen LogP contribution in [0.1, 0.15) is 0 Å². The van der Waals surface area contributed by atoms with Crippen LogP contribution in [0.2, 0.25) is 0 Å². The Morgan fingerprint density at radius 2 is 2.50 bits per heavy atom. The predicted molar refractivity (Wildman–Crippen MR) is 51.3 cm³/mol. The van der Waals surface area contributed by atoms with Crippen molar-refractivity contribution in [2.45, 2.75) is 4.71 Å². The van der Waals surface area contributed by atoms with Crippen molar-refractivity contribution in [1.82, 2.24) is 5.32 Å². The van der Waals surface area contributed by atoms with Gasteiger partial charge in [-0.05, 0) is 6.26 Å². The number of hydrogen-bond acceptors (Lipinski definition) is 6. The number of thioether (sulfide) groups is 2. The molecule has 1 heterocycles. The summed E-state index contributed by atoms with van der Waals surface area (Å²) in [7, 11) is 1.34. The van der Waals surface area contributed by atoms with Gasteiger partial charge in [-0.25, -0.2) is 4.79 Å². The average Bonchev–Trinajstić information content (AvgIpc) is 2.45. The van der Waals surface area contributed by atoms with E-state index >= 15 is 0 Å². The van der Waals surface area contributed by atoms with Gasteiger partial charge in [-0.15, -0.1) is 11.8 Å². The molecule has 6 heteroatoms. The molecule has 4 nitrogen and oxygen atoms in total. The molecule has 0 aliphatic carbocycles. The van der Waals surface area contributed by atoms with Crippen LogP contribution >= 0.6 is 23.5 Å². The molecule has 1 aliphatic heterocycles. The van der Waals surface area contributed by atoms with Crippen molar-refractivity contribution >= 4 is 29.5 Å². The Hall–Kier alpha value is -0.490. The fraction of sp³-hybridized carbons (Fsp3) is 0.500. The van der Waals surface area contributed by atoms with Gasteiger partial charge in [-0.2, -0.15) is 0 Å². The minimum absolute atomic E-state index is 0.124. The number of hydrogen-bond donors (Lipinski definition) is 2. The standard InChI is InChI=1S/C6H10N2O2S2/c1-10-5(9)3-4(7)8-6(11-2)12-3/h6,8H,7H2,1-2H3. The molecule has 1 unspecified atom stereocenters. The minimum atomic E-state index is -0.374. The second-order valence-electron chi connectivity index (χ2n) is 2.06. The molecule has 0 aromatic heterocycles. The molecular formula is C6H10N2O2S2. The van der Waals surface area contributed by atoms with Crippen LogP contribution in [0.5, 0.6) is 0 Å². The monoisotopic (exact) mass is 206 g/mol. The lowest BCUT2D eigenvalue weighted by atomic mass is 10.5. The van der Waals surface area contributed by atoms with Crippen LogP contribution in [0, 0.1) is 0 Å². The van der Waals surface area contributed by atoms with E-state index in [1.165, 1.54) is 18.9 Å². The highest BCUT2D eigenvalue weighted by atomic mass is 32.2. The summed E-state index contributed by atoms with van der Waals surface area (Å²) < 4.78 is 4.67. The smallest absolute Gasteiger partial charge is 0.348 e. The third-order valence-electron chi connectivity index (χ3n) is 1.33. The average molecular weight is 206 g/mol. The SMILES string of the molecule is COC(=O)C1=C(N)NC(SC)S1. The molecule has 1 rings (SSSR count). The number of nitrogens with two attached hydrogens (primary N) is 1. The first kappa shape index (κ1) is 9.60. The van der Waals surface area contributed by atoms with Gasteiger partial charge in [0.15, 0.2) is 0 Å². The highest BCUT2D eigenvalue weighted by molar-refractivity contribution is 8.19. The zero-order valence-corrected chi connectivity index (χ0v) is 8.42. The number of carbonyl (C=O) groups is 1. The molecule has 0 fully saturated rings. The van der Waals surface area contributed by atoms with E-state index in [4.69, 9.17) is 5.73 Å². The number of methoxy groups -OCH3 is 1. The maximum atomic E-state index is 11.1. The Balaban J connectivity index is 2.66. The molecule has 0 aromatic carbocycles. The summed E-state index contributed by atoms with van der Waals surface area (Å²) in [4.78, 5) is 11.5. The predicted octanol–water partition coefficient (Wildman–Crippen LogP) is 0.270. The number of rotatable bonds is 2. The highest BCUT2D eigenvalue weighted by Crippen LogP contribution is 2.33. The van der Waals surface area contributed by atoms with Gasteiger partial charge < -0.3 is 15.8 Å². The quantitative estimate of drug-likeness (QED) is 0.632. The maximum absolute atomic E-state index is 11.1. The van der Waals surface area contributed by atoms with Gasteiger partial charge in [-0.3, -0.25) is 0 Å². The second kappa shape index (κ2) is 3.95. The van der Waals surface area contributed by atoms with E-state index in [2.05, 4.69) is 10.1 Å². The van der Waals surface area contributed by atoms with E-state index in [1.807, 2.05) is 6.26 Å². The van der Waals surface area contributed by atoms with Crippen molar-refractivity contribution in [2.24, 2.45) is 5.73 Å². The van der Waals surface area contributed by atoms with E-state index in [-0.39, 0.29) is 10.7 Å². The Labute approximate surface area is 79.3 Å². The molecule has 0 saturated carbocycles. The first-order chi connectivity index (χ1) is 5.69. The van der Waals surface area contributed by atoms with Gasteiger partial charge in [0.1, 0.15) is 15.4 Å². The Bertz CT molecular complexity index is 230. The van der Waals surface area contributed by atoms with Crippen molar-refractivity contribution < 1.29 is 9.53 Å². The van der Waals surface area contributed by atoms with Crippen LogP contribution in [-0.2, 0) is 9.53 Å². The Kier molecular flexibility index (Phi) is 3.16. The van der Waals surface area contributed by atoms with Crippen LogP contribution in [0.4, 0.5) is 0 Å². The molecule has 0 saturated heterocycles. The maximum Gasteiger partial charge on any atom is 0.348 e. The summed E-state index contributed by atoms with van der Waals surface area (Å²) in [6.07, 6.45) is 1.94. The number of ether oxygens (including phenoxy) is 1. The van der Waals surface area contributed by atoms with E-state index in [9.17, 15) is 4.79 Å². The van der Waals surface area contributed by atoms with Crippen molar-refractivity contribution in [1.29, 1.82) is 0 Å². The summed E-state index contributed by atoms with van der Waals surface area (Å²) in [5, 5.41) is 2.95. The lowest BCUT2D eigenvalue weighted by Crippen LogP contribution is -2.21. The molecule has 12 heavy (non-hydrogen) atoms. The topological polar surface area (TPSA) is 64.3 Å².